The van der Waals surface area contributed by atoms with Gasteiger partial charge >= 0.3 is 0 Å². The molecule has 23 heavy (non-hydrogen) atoms. The summed E-state index contributed by atoms with van der Waals surface area (Å²) in [5.74, 6) is 0.454. The Balaban J connectivity index is 2.02. The molecule has 8 heteroatoms. The molecule has 3 rings (SSSR count). The predicted octanol–water partition coefficient (Wildman–Crippen LogP) is 2.60. The first-order chi connectivity index (χ1) is 11.1. The number of nitrogens with one attached hydrogen (secondary N) is 1. The van der Waals surface area contributed by atoms with Crippen LogP contribution >= 0.6 is 11.6 Å². The maximum atomic E-state index is 9.70. The Kier molecular flexibility index (Phi) is 4.40. The van der Waals surface area contributed by atoms with Gasteiger partial charge in [0.1, 0.15) is 0 Å². The van der Waals surface area contributed by atoms with E-state index in [0.717, 1.165) is 5.56 Å². The van der Waals surface area contributed by atoms with Crippen LogP contribution in [0.2, 0.25) is 5.28 Å². The zero-order valence-electron chi connectivity index (χ0n) is 12.8. The molecular weight excluding hydrogens is 316 g/mol. The summed E-state index contributed by atoms with van der Waals surface area (Å²) in [6.07, 6.45) is 0. The van der Waals surface area contributed by atoms with Gasteiger partial charge in [-0.05, 0) is 31.0 Å². The summed E-state index contributed by atoms with van der Waals surface area (Å²) in [6.45, 7) is 3.88. The van der Waals surface area contributed by atoms with E-state index in [9.17, 15) is 5.11 Å². The maximum Gasteiger partial charge on any atom is 0.226 e. The highest BCUT2D eigenvalue weighted by Crippen LogP contribution is 2.25. The van der Waals surface area contributed by atoms with E-state index in [1.54, 1.807) is 4.68 Å². The average molecular weight is 333 g/mol. The molecule has 3 aromatic rings. The highest BCUT2D eigenvalue weighted by Gasteiger charge is 2.18. The molecule has 0 aliphatic carbocycles. The molecule has 1 aromatic carbocycles. The maximum absolute atomic E-state index is 9.70. The molecule has 2 heterocycles. The number of aliphatic hydroxyl groups is 1. The van der Waals surface area contributed by atoms with Crippen molar-refractivity contribution in [3.05, 3.63) is 41.2 Å². The third-order valence-electron chi connectivity index (χ3n) is 3.48. The largest absolute Gasteiger partial charge is 0.394 e. The van der Waals surface area contributed by atoms with Gasteiger partial charge in [-0.3, -0.25) is 0 Å². The number of benzene rings is 1. The first-order valence-corrected chi connectivity index (χ1v) is 7.68. The molecule has 0 bridgehead atoms. The van der Waals surface area contributed by atoms with Gasteiger partial charge in [0.05, 0.1) is 18.7 Å². The van der Waals surface area contributed by atoms with E-state index in [0.29, 0.717) is 17.0 Å². The minimum absolute atomic E-state index is 0.0918. The number of aliphatic hydroxyl groups excluding tert-OH is 1. The first kappa shape index (κ1) is 15.6. The van der Waals surface area contributed by atoms with Crippen LogP contribution in [0.15, 0.2) is 30.3 Å². The molecule has 0 saturated carbocycles. The topological polar surface area (TPSA) is 88.8 Å². The van der Waals surface area contributed by atoms with Crippen LogP contribution in [0, 0.1) is 0 Å². The lowest BCUT2D eigenvalue weighted by Gasteiger charge is -2.17. The molecule has 7 nitrogen and oxygen atoms in total. The van der Waals surface area contributed by atoms with Crippen molar-refractivity contribution < 1.29 is 5.11 Å². The smallest absolute Gasteiger partial charge is 0.226 e. The van der Waals surface area contributed by atoms with Crippen LogP contribution in [0.5, 0.6) is 0 Å². The Hall–Kier alpha value is -2.25. The lowest BCUT2D eigenvalue weighted by atomic mass is 10.1. The summed E-state index contributed by atoms with van der Waals surface area (Å²) in [7, 11) is 0. The number of anilines is 1. The fraction of sp³-hybridized carbons (Fsp3) is 0.333. The van der Waals surface area contributed by atoms with Gasteiger partial charge in [-0.25, -0.2) is 4.68 Å². The van der Waals surface area contributed by atoms with Crippen LogP contribution < -0.4 is 5.32 Å². The van der Waals surface area contributed by atoms with Crippen molar-refractivity contribution in [1.29, 1.82) is 0 Å². The number of nitrogens with zero attached hydrogens (tertiary/aromatic N) is 5. The number of hydrogen-bond acceptors (Lipinski definition) is 6. The third-order valence-corrected chi connectivity index (χ3v) is 3.65. The fourth-order valence-electron chi connectivity index (χ4n) is 2.34. The predicted molar refractivity (Wildman–Crippen MR) is 88.4 cm³/mol. The van der Waals surface area contributed by atoms with Crippen molar-refractivity contribution in [1.82, 2.24) is 25.0 Å². The SMILES string of the molecule is CC(C)n1nnc2c(N[C@H](CO)c3ccccc3)nc(Cl)nc21. The van der Waals surface area contributed by atoms with Crippen LogP contribution in [-0.4, -0.2) is 36.7 Å². The fourth-order valence-corrected chi connectivity index (χ4v) is 2.50. The molecule has 2 aromatic heterocycles. The molecule has 120 valence electrons. The highest BCUT2D eigenvalue weighted by molar-refractivity contribution is 6.28. The van der Waals surface area contributed by atoms with E-state index in [-0.39, 0.29) is 24.0 Å². The summed E-state index contributed by atoms with van der Waals surface area (Å²) in [6, 6.07) is 9.38. The Morgan fingerprint density at radius 3 is 2.61 bits per heavy atom. The minimum Gasteiger partial charge on any atom is -0.394 e. The van der Waals surface area contributed by atoms with Gasteiger partial charge in [0.2, 0.25) is 5.28 Å². The molecule has 0 amide bonds. The lowest BCUT2D eigenvalue weighted by molar-refractivity contribution is 0.276. The number of aromatic nitrogens is 5. The van der Waals surface area contributed by atoms with Crippen molar-refractivity contribution >= 4 is 28.6 Å². The van der Waals surface area contributed by atoms with E-state index < -0.39 is 0 Å². The monoisotopic (exact) mass is 332 g/mol. The quantitative estimate of drug-likeness (QED) is 0.698. The molecule has 0 unspecified atom stereocenters. The minimum atomic E-state index is -0.324. The molecule has 0 fully saturated rings. The van der Waals surface area contributed by atoms with Crippen molar-refractivity contribution in [2.24, 2.45) is 0 Å². The van der Waals surface area contributed by atoms with Gasteiger partial charge in [-0.15, -0.1) is 5.10 Å². The Labute approximate surface area is 138 Å². The van der Waals surface area contributed by atoms with Gasteiger partial charge in [0, 0.05) is 0 Å². The van der Waals surface area contributed by atoms with Crippen molar-refractivity contribution in [2.45, 2.75) is 25.9 Å². The van der Waals surface area contributed by atoms with E-state index in [4.69, 9.17) is 11.6 Å². The zero-order chi connectivity index (χ0) is 16.4. The van der Waals surface area contributed by atoms with E-state index in [1.807, 2.05) is 44.2 Å². The van der Waals surface area contributed by atoms with E-state index >= 15 is 0 Å². The highest BCUT2D eigenvalue weighted by atomic mass is 35.5. The van der Waals surface area contributed by atoms with Gasteiger partial charge in [0.25, 0.3) is 0 Å². The van der Waals surface area contributed by atoms with Crippen LogP contribution in [0.3, 0.4) is 0 Å². The number of rotatable bonds is 5. The van der Waals surface area contributed by atoms with Gasteiger partial charge in [0.15, 0.2) is 17.0 Å². The van der Waals surface area contributed by atoms with Gasteiger partial charge < -0.3 is 10.4 Å². The normalized spacial score (nSPS) is 12.7. The summed E-state index contributed by atoms with van der Waals surface area (Å²) in [5, 5.41) is 21.2. The van der Waals surface area contributed by atoms with Gasteiger partial charge in [-0.2, -0.15) is 9.97 Å². The Morgan fingerprint density at radius 1 is 1.22 bits per heavy atom. The van der Waals surface area contributed by atoms with Crippen LogP contribution in [0.4, 0.5) is 5.82 Å². The number of fused-ring (bicyclic) bond motifs is 1. The van der Waals surface area contributed by atoms with Crippen LogP contribution in [0.25, 0.3) is 11.2 Å². The zero-order valence-corrected chi connectivity index (χ0v) is 13.6. The second-order valence-electron chi connectivity index (χ2n) is 5.43. The number of halogens is 1. The molecular formula is C15H17ClN6O. The molecule has 0 saturated heterocycles. The summed E-state index contributed by atoms with van der Waals surface area (Å²) < 4.78 is 1.69. The Bertz CT molecular complexity index is 804. The second kappa shape index (κ2) is 6.47. The average Bonchev–Trinajstić information content (AvgIpc) is 2.97. The molecule has 0 radical (unpaired) electrons. The molecule has 0 aliphatic rings. The van der Waals surface area contributed by atoms with E-state index in [2.05, 4.69) is 25.6 Å². The lowest BCUT2D eigenvalue weighted by Crippen LogP contribution is -2.16. The molecule has 2 N–H and O–H groups in total. The summed E-state index contributed by atoms with van der Waals surface area (Å²) in [4.78, 5) is 8.42. The third kappa shape index (κ3) is 3.11. The second-order valence-corrected chi connectivity index (χ2v) is 5.77. The van der Waals surface area contributed by atoms with Crippen molar-refractivity contribution in [2.75, 3.05) is 11.9 Å². The van der Waals surface area contributed by atoms with Gasteiger partial charge in [-0.1, -0.05) is 35.5 Å². The Morgan fingerprint density at radius 2 is 1.96 bits per heavy atom. The summed E-state index contributed by atoms with van der Waals surface area (Å²) >= 11 is 6.04. The molecule has 0 aliphatic heterocycles. The molecule has 0 spiro atoms. The van der Waals surface area contributed by atoms with Crippen molar-refractivity contribution in [3.63, 3.8) is 0 Å². The van der Waals surface area contributed by atoms with E-state index in [1.165, 1.54) is 0 Å². The molecule has 1 atom stereocenters. The number of hydrogen-bond donors (Lipinski definition) is 2. The van der Waals surface area contributed by atoms with Crippen LogP contribution in [0.1, 0.15) is 31.5 Å². The summed E-state index contributed by atoms with van der Waals surface area (Å²) in [5.41, 5.74) is 2.03. The standard InChI is InChI=1S/C15H17ClN6O/c1-9(2)22-14-12(20-21-22)13(18-15(16)19-14)17-11(8-23)10-6-4-3-5-7-10/h3-7,9,11,23H,8H2,1-2H3,(H,17,18,19)/t11-/m1/s1. The first-order valence-electron chi connectivity index (χ1n) is 7.31. The van der Waals surface area contributed by atoms with Crippen molar-refractivity contribution in [3.8, 4) is 0 Å². The van der Waals surface area contributed by atoms with Crippen LogP contribution in [-0.2, 0) is 0 Å².